The van der Waals surface area contributed by atoms with Crippen LogP contribution in [0, 0.1) is 17.8 Å². The number of methoxy groups -OCH3 is 1. The average Bonchev–Trinajstić information content (AvgIpc) is 1.63. The zero-order valence-electron chi connectivity index (χ0n) is 67.5. The van der Waals surface area contributed by atoms with Gasteiger partial charge in [0.2, 0.25) is 41.4 Å². The number of phenols is 1. The fourth-order valence-electron chi connectivity index (χ4n) is 11.5. The number of phenolic OH excluding ortho intramolecular Hbond substituents is 1. The Balaban J connectivity index is 1.46. The Morgan fingerprint density at radius 2 is 1.16 bits per heavy atom. The van der Waals surface area contributed by atoms with E-state index in [0.717, 1.165) is 28.4 Å². The van der Waals surface area contributed by atoms with Crippen molar-refractivity contribution in [3.63, 3.8) is 0 Å². The van der Waals surface area contributed by atoms with Gasteiger partial charge in [0, 0.05) is 83.0 Å². The summed E-state index contributed by atoms with van der Waals surface area (Å²) in [4.78, 5) is 165. The molecule has 2 heterocycles. The first kappa shape index (κ1) is 99.0. The number of unbranched alkanes of at least 4 members (excludes halogenated alkanes) is 1. The average molecular weight is 1620 g/mol. The SMILES string of the molecule is CC[C@H](C)[C@H](NC(=O)[C@H](C(C)C)N(C)C)C(=O)N(C)[C@H](C[C@@H](OC(C)=O)c1nc(C(=O)N[C@H](CCC(=O)O)Cc2ccc(O)c(NC(=O)CNC(=O)CNC(=O)[C@H](CCCCNC(=O)COCCOCCOCCOCCOCCOCCOCCOCCOCCOC)NC(=O)CCCN3C(=O)C=CC3=O)c2)cs1)C(C)C. The third kappa shape index (κ3) is 42.1. The lowest BCUT2D eigenvalue weighted by atomic mass is 9.92. The number of imide groups is 1. The molecule has 113 heavy (non-hydrogen) atoms. The van der Waals surface area contributed by atoms with Gasteiger partial charge in [-0.05, 0) is 88.1 Å². The van der Waals surface area contributed by atoms with E-state index >= 15 is 0 Å². The Morgan fingerprint density at radius 3 is 1.67 bits per heavy atom. The Kier molecular flexibility index (Phi) is 50.6. The van der Waals surface area contributed by atoms with E-state index in [1.165, 1.54) is 30.5 Å². The number of hydrogen-bond donors (Lipinski definition) is 9. The molecule has 37 heteroatoms. The van der Waals surface area contributed by atoms with E-state index in [-0.39, 0.29) is 130 Å². The number of anilines is 1. The summed E-state index contributed by atoms with van der Waals surface area (Å²) in [6.07, 6.45) is 2.17. The number of nitrogens with one attached hydrogen (secondary N) is 7. The second-order valence-electron chi connectivity index (χ2n) is 27.6. The number of ether oxygens (including phenoxy) is 11. The molecular weight excluding hydrogens is 1500 g/mol. The van der Waals surface area contributed by atoms with E-state index in [1.807, 2.05) is 46.4 Å². The fourth-order valence-corrected chi connectivity index (χ4v) is 12.3. The van der Waals surface area contributed by atoms with Crippen LogP contribution in [0.2, 0.25) is 0 Å². The third-order valence-electron chi connectivity index (χ3n) is 17.6. The van der Waals surface area contributed by atoms with Gasteiger partial charge in [-0.3, -0.25) is 67.3 Å². The monoisotopic (exact) mass is 1620 g/mol. The van der Waals surface area contributed by atoms with Crippen LogP contribution in [0.25, 0.3) is 0 Å². The van der Waals surface area contributed by atoms with Gasteiger partial charge in [-0.1, -0.05) is 54.0 Å². The second-order valence-corrected chi connectivity index (χ2v) is 28.5. The third-order valence-corrected chi connectivity index (χ3v) is 18.5. The summed E-state index contributed by atoms with van der Waals surface area (Å²) in [5.74, 6) is -8.27. The second kappa shape index (κ2) is 57.8. The molecule has 1 aromatic carbocycles. The van der Waals surface area contributed by atoms with Crippen LogP contribution in [-0.4, -0.2) is 311 Å². The van der Waals surface area contributed by atoms with Crippen molar-refractivity contribution < 1.29 is 120 Å². The normalized spacial score (nSPS) is 13.9. The van der Waals surface area contributed by atoms with Crippen molar-refractivity contribution in [1.82, 2.24) is 51.6 Å². The number of carboxylic acids is 1. The van der Waals surface area contributed by atoms with Crippen LogP contribution in [0.15, 0.2) is 35.7 Å². The molecule has 0 fully saturated rings. The van der Waals surface area contributed by atoms with Gasteiger partial charge in [-0.25, -0.2) is 4.98 Å². The highest BCUT2D eigenvalue weighted by Crippen LogP contribution is 2.32. The molecule has 9 N–H and O–H groups in total. The fraction of sp³-hybridized carbons (Fsp3) is 0.697. The highest BCUT2D eigenvalue weighted by Gasteiger charge is 2.38. The van der Waals surface area contributed by atoms with E-state index in [0.29, 0.717) is 131 Å². The Hall–Kier alpha value is -8.21. The van der Waals surface area contributed by atoms with Gasteiger partial charge in [0.05, 0.1) is 144 Å². The summed E-state index contributed by atoms with van der Waals surface area (Å²) in [6.45, 7) is 18.8. The van der Waals surface area contributed by atoms with E-state index in [1.54, 1.807) is 33.2 Å². The number of carbonyl (C=O) groups excluding carboxylic acids is 11. The van der Waals surface area contributed by atoms with Crippen molar-refractivity contribution in [1.29, 1.82) is 0 Å². The summed E-state index contributed by atoms with van der Waals surface area (Å²) < 4.78 is 59.8. The van der Waals surface area contributed by atoms with Crippen LogP contribution >= 0.6 is 11.3 Å². The Morgan fingerprint density at radius 1 is 0.611 bits per heavy atom. The molecule has 0 aliphatic carbocycles. The molecule has 1 aliphatic heterocycles. The van der Waals surface area contributed by atoms with Crippen LogP contribution < -0.4 is 37.2 Å². The van der Waals surface area contributed by atoms with Crippen molar-refractivity contribution in [3.05, 3.63) is 52.0 Å². The highest BCUT2D eigenvalue weighted by molar-refractivity contribution is 7.09. The minimum Gasteiger partial charge on any atom is -0.506 e. The maximum Gasteiger partial charge on any atom is 0.303 e. The number of carbonyl (C=O) groups is 12. The molecule has 0 saturated carbocycles. The molecule has 36 nitrogen and oxygen atoms in total. The lowest BCUT2D eigenvalue weighted by molar-refractivity contribution is -0.149. The topological polar surface area (TPSA) is 454 Å². The minimum atomic E-state index is -1.17. The van der Waals surface area contributed by atoms with Crippen molar-refractivity contribution in [2.24, 2.45) is 17.8 Å². The molecule has 0 spiro atoms. The number of nitrogens with zero attached hydrogens (tertiary/aromatic N) is 4. The summed E-state index contributed by atoms with van der Waals surface area (Å²) in [5.41, 5.74) is 0.275. The molecular formula is C76H123N11O25S. The smallest absolute Gasteiger partial charge is 0.303 e. The van der Waals surface area contributed by atoms with Crippen LogP contribution in [-0.2, 0) is 111 Å². The molecule has 0 radical (unpaired) electrons. The number of benzene rings is 1. The van der Waals surface area contributed by atoms with Gasteiger partial charge in [0.1, 0.15) is 35.1 Å². The standard InChI is InChI=1S/C76H123N11O25S/c1-12-53(6)70(84-74(100)71(52(4)5)85(8)9)76(101)86(10)60(51(2)3)46-62(112-54(7)88)75-83-59(50-113-75)73(99)80-56(19-23-69(96)97)44-55-18-20-61(89)58(45-55)82-65(92)48-78-64(91)47-79-72(98)57(81-63(90)17-15-25-87-67(94)21-22-68(87)95)16-13-14-24-77-66(93)49-111-43-42-110-41-40-109-39-38-108-37-36-107-35-34-106-33-32-105-31-30-104-29-28-103-27-26-102-11/h18,20-22,45,50-53,56-57,60,62,70-71,89H,12-17,19,23-44,46-49H2,1-11H3,(H,77,93)(H,78,91)(H,79,98)(H,80,99)(H,81,90)(H,82,92)(H,84,100)(H,96,97)/t53-,56+,57-,60+,62+,70-,71-/m0/s1. The first-order valence-corrected chi connectivity index (χ1v) is 39.3. The zero-order chi connectivity index (χ0) is 83.5. The minimum absolute atomic E-state index is 0.00319. The first-order valence-electron chi connectivity index (χ1n) is 38.4. The van der Waals surface area contributed by atoms with Gasteiger partial charge in [-0.2, -0.15) is 0 Å². The van der Waals surface area contributed by atoms with Crippen LogP contribution in [0.4, 0.5) is 5.69 Å². The molecule has 1 aliphatic rings. The highest BCUT2D eigenvalue weighted by atomic mass is 32.1. The summed E-state index contributed by atoms with van der Waals surface area (Å²) in [7, 11) is 6.87. The molecule has 0 saturated heterocycles. The molecule has 3 rings (SSSR count). The Bertz CT molecular complexity index is 3230. The molecule has 0 unspecified atom stereocenters. The lowest BCUT2D eigenvalue weighted by Gasteiger charge is -2.37. The molecule has 7 atom stereocenters. The summed E-state index contributed by atoms with van der Waals surface area (Å²) in [6, 6.07) is 0.270. The van der Waals surface area contributed by atoms with Crippen LogP contribution in [0.3, 0.4) is 0 Å². The van der Waals surface area contributed by atoms with E-state index in [9.17, 15) is 67.7 Å². The van der Waals surface area contributed by atoms with Crippen molar-refractivity contribution in [3.8, 4) is 5.75 Å². The van der Waals surface area contributed by atoms with E-state index in [2.05, 4.69) is 42.2 Å². The molecule has 638 valence electrons. The van der Waals surface area contributed by atoms with E-state index in [4.69, 9.17) is 52.1 Å². The predicted octanol–water partition coefficient (Wildman–Crippen LogP) is 2.09. The van der Waals surface area contributed by atoms with Gasteiger partial charge >= 0.3 is 11.9 Å². The zero-order valence-corrected chi connectivity index (χ0v) is 68.3. The number of esters is 1. The van der Waals surface area contributed by atoms with Gasteiger partial charge in [-0.15, -0.1) is 11.3 Å². The number of aromatic nitrogens is 1. The van der Waals surface area contributed by atoms with Gasteiger partial charge in [0.15, 0.2) is 6.10 Å². The molecule has 0 bridgehead atoms. The largest absolute Gasteiger partial charge is 0.506 e. The quantitative estimate of drug-likeness (QED) is 0.0198. The summed E-state index contributed by atoms with van der Waals surface area (Å²) in [5, 5.41) is 40.8. The van der Waals surface area contributed by atoms with E-state index < -0.39 is 109 Å². The first-order chi connectivity index (χ1) is 54.1. The number of aliphatic carboxylic acids is 1. The number of amides is 10. The lowest BCUT2D eigenvalue weighted by Crippen LogP contribution is -2.58. The summed E-state index contributed by atoms with van der Waals surface area (Å²) >= 11 is 1.05. The number of hydrogen-bond acceptors (Lipinski definition) is 27. The maximum atomic E-state index is 14.4. The Labute approximate surface area is 666 Å². The van der Waals surface area contributed by atoms with Crippen molar-refractivity contribution in [2.45, 2.75) is 149 Å². The molecule has 2 aromatic rings. The molecule has 1 aromatic heterocycles. The maximum absolute atomic E-state index is 14.4. The number of aromatic hydroxyl groups is 1. The number of thiazole rings is 1. The van der Waals surface area contributed by atoms with Crippen LogP contribution in [0.1, 0.15) is 133 Å². The van der Waals surface area contributed by atoms with Gasteiger partial charge < -0.3 is 104 Å². The number of rotatable bonds is 65. The molecule has 10 amide bonds. The predicted molar refractivity (Wildman–Crippen MR) is 414 cm³/mol. The van der Waals surface area contributed by atoms with Crippen molar-refractivity contribution >= 4 is 88.0 Å². The van der Waals surface area contributed by atoms with Crippen molar-refractivity contribution in [2.75, 3.05) is 185 Å². The van der Waals surface area contributed by atoms with Crippen LogP contribution in [0.5, 0.6) is 5.75 Å². The number of likely N-dealkylation sites (N-methyl/N-ethyl adjacent to an activating group) is 2. The number of carboxylic acid groups (broad SMARTS) is 1. The van der Waals surface area contributed by atoms with Gasteiger partial charge in [0.25, 0.3) is 17.7 Å².